The molecule has 1 unspecified atom stereocenters. The van der Waals surface area contributed by atoms with Crippen LogP contribution in [-0.4, -0.2) is 21.3 Å². The van der Waals surface area contributed by atoms with Gasteiger partial charge in [-0.3, -0.25) is 4.57 Å². The van der Waals surface area contributed by atoms with Crippen LogP contribution in [0.1, 0.15) is 18.7 Å². The number of benzene rings is 2. The smallest absolute Gasteiger partial charge is 0.170 e. The average molecular weight is 380 g/mol. The van der Waals surface area contributed by atoms with Gasteiger partial charge in [0.1, 0.15) is 5.82 Å². The van der Waals surface area contributed by atoms with Crippen LogP contribution in [0.3, 0.4) is 0 Å². The molecule has 0 saturated heterocycles. The Kier molecular flexibility index (Phi) is 3.91. The average Bonchev–Trinajstić information content (AvgIpc) is 2.92. The minimum Gasteiger partial charge on any atom is -0.383 e. The molecule has 4 nitrogen and oxygen atoms in total. The highest BCUT2D eigenvalue weighted by Crippen LogP contribution is 2.37. The zero-order chi connectivity index (χ0) is 16.8. The number of nitrogens with one attached hydrogen (secondary N) is 1. The topological polar surface area (TPSA) is 42.7 Å². The van der Waals surface area contributed by atoms with E-state index in [0.717, 1.165) is 29.3 Å². The fourth-order valence-corrected chi connectivity index (χ4v) is 3.55. The molecule has 1 N–H and O–H groups in total. The highest BCUT2D eigenvalue weighted by Gasteiger charge is 2.26. The lowest BCUT2D eigenvalue weighted by atomic mass is 10.1. The molecule has 0 fully saturated rings. The molecule has 0 spiro atoms. The molecule has 2 heterocycles. The van der Waals surface area contributed by atoms with Crippen molar-refractivity contribution in [3.05, 3.63) is 57.3 Å². The predicted molar refractivity (Wildman–Crippen MR) is 98.7 cm³/mol. The Labute approximate surface area is 154 Å². The Morgan fingerprint density at radius 3 is 2.58 bits per heavy atom. The molecule has 1 aliphatic rings. The number of halogens is 3. The first kappa shape index (κ1) is 15.8. The molecular weight excluding hydrogens is 367 g/mol. The molecular formula is C17H13Cl3N4. The first-order chi connectivity index (χ1) is 11.5. The fraction of sp³-hybridized carbons (Fsp3) is 0.176. The number of fused-ring (bicyclic) bond motifs is 3. The molecule has 3 aromatic rings. The van der Waals surface area contributed by atoms with Crippen molar-refractivity contribution in [2.45, 2.75) is 12.8 Å². The molecule has 0 radical (unpaired) electrons. The van der Waals surface area contributed by atoms with E-state index in [1.807, 2.05) is 28.8 Å². The first-order valence-electron chi connectivity index (χ1n) is 7.49. The molecule has 1 aromatic heterocycles. The normalized spacial score (nSPS) is 16.1. The van der Waals surface area contributed by atoms with Gasteiger partial charge in [0.05, 0.1) is 16.4 Å². The summed E-state index contributed by atoms with van der Waals surface area (Å²) >= 11 is 18.6. The third-order valence-corrected chi connectivity index (χ3v) is 4.88. The fourth-order valence-electron chi connectivity index (χ4n) is 2.89. The van der Waals surface area contributed by atoms with E-state index in [9.17, 15) is 0 Å². The Morgan fingerprint density at radius 1 is 1.04 bits per heavy atom. The van der Waals surface area contributed by atoms with Crippen LogP contribution in [0.25, 0.3) is 17.1 Å². The second-order valence-corrected chi connectivity index (χ2v) is 7.06. The van der Waals surface area contributed by atoms with Gasteiger partial charge >= 0.3 is 0 Å². The van der Waals surface area contributed by atoms with Gasteiger partial charge in [0.2, 0.25) is 0 Å². The van der Waals surface area contributed by atoms with E-state index in [0.29, 0.717) is 20.9 Å². The number of hydrogen-bond donors (Lipinski definition) is 1. The lowest BCUT2D eigenvalue weighted by Crippen LogP contribution is -2.09. The molecule has 0 bridgehead atoms. The molecule has 0 saturated carbocycles. The van der Waals surface area contributed by atoms with Gasteiger partial charge in [0.15, 0.2) is 5.82 Å². The van der Waals surface area contributed by atoms with E-state index >= 15 is 0 Å². The van der Waals surface area contributed by atoms with Crippen molar-refractivity contribution in [1.29, 1.82) is 0 Å². The van der Waals surface area contributed by atoms with Crippen molar-refractivity contribution in [3.63, 3.8) is 0 Å². The Morgan fingerprint density at radius 2 is 1.79 bits per heavy atom. The first-order valence-corrected chi connectivity index (χ1v) is 8.62. The van der Waals surface area contributed by atoms with Gasteiger partial charge in [-0.05, 0) is 36.4 Å². The van der Waals surface area contributed by atoms with Gasteiger partial charge in [0, 0.05) is 28.1 Å². The second kappa shape index (κ2) is 5.96. The van der Waals surface area contributed by atoms with Crippen LogP contribution in [0, 0.1) is 0 Å². The quantitative estimate of drug-likeness (QED) is 0.613. The van der Waals surface area contributed by atoms with E-state index < -0.39 is 0 Å². The Bertz CT molecular complexity index is 936. The van der Waals surface area contributed by atoms with Gasteiger partial charge in [-0.1, -0.05) is 41.7 Å². The largest absolute Gasteiger partial charge is 0.383 e. The number of anilines is 1. The molecule has 4 rings (SSSR count). The van der Waals surface area contributed by atoms with Gasteiger partial charge in [-0.15, -0.1) is 10.2 Å². The van der Waals surface area contributed by atoms with Crippen LogP contribution in [0.2, 0.25) is 15.1 Å². The third kappa shape index (κ3) is 2.55. The van der Waals surface area contributed by atoms with Crippen molar-refractivity contribution >= 4 is 40.5 Å². The summed E-state index contributed by atoms with van der Waals surface area (Å²) < 4.78 is 2.01. The van der Waals surface area contributed by atoms with Crippen molar-refractivity contribution in [2.75, 3.05) is 11.9 Å². The van der Waals surface area contributed by atoms with Crippen molar-refractivity contribution < 1.29 is 0 Å². The second-order valence-electron chi connectivity index (χ2n) is 5.78. The minimum absolute atomic E-state index is 0.184. The van der Waals surface area contributed by atoms with Crippen LogP contribution < -0.4 is 5.32 Å². The highest BCUT2D eigenvalue weighted by atomic mass is 35.5. The van der Waals surface area contributed by atoms with Crippen LogP contribution >= 0.6 is 34.8 Å². The zero-order valence-electron chi connectivity index (χ0n) is 12.7. The number of rotatable bonds is 1. The van der Waals surface area contributed by atoms with Crippen LogP contribution in [0.15, 0.2) is 36.4 Å². The monoisotopic (exact) mass is 378 g/mol. The van der Waals surface area contributed by atoms with Crippen LogP contribution in [0.4, 0.5) is 5.69 Å². The van der Waals surface area contributed by atoms with Crippen molar-refractivity contribution in [3.8, 4) is 17.1 Å². The molecule has 2 aromatic carbocycles. The summed E-state index contributed by atoms with van der Waals surface area (Å²) in [6, 6.07) is 11.1. The maximum atomic E-state index is 6.39. The van der Waals surface area contributed by atoms with E-state index in [1.165, 1.54) is 0 Å². The highest BCUT2D eigenvalue weighted by molar-refractivity contribution is 6.36. The molecule has 24 heavy (non-hydrogen) atoms. The number of aromatic nitrogens is 3. The Hall–Kier alpha value is -1.75. The van der Waals surface area contributed by atoms with E-state index in [-0.39, 0.29) is 5.92 Å². The minimum atomic E-state index is 0.184. The molecule has 122 valence electrons. The summed E-state index contributed by atoms with van der Waals surface area (Å²) in [5, 5.41) is 14.0. The van der Waals surface area contributed by atoms with Gasteiger partial charge in [0.25, 0.3) is 0 Å². The maximum Gasteiger partial charge on any atom is 0.170 e. The molecule has 1 atom stereocenters. The van der Waals surface area contributed by atoms with Crippen molar-refractivity contribution in [1.82, 2.24) is 14.8 Å². The SMILES string of the molecule is CC1CNc2ccc(Cl)cc2-n2c(-c3ccc(Cl)cc3Cl)nnc21. The lowest BCUT2D eigenvalue weighted by molar-refractivity contribution is 0.725. The number of nitrogens with zero attached hydrogens (tertiary/aromatic N) is 3. The summed E-state index contributed by atoms with van der Waals surface area (Å²) in [6.07, 6.45) is 0. The summed E-state index contributed by atoms with van der Waals surface area (Å²) in [7, 11) is 0. The van der Waals surface area contributed by atoms with E-state index in [4.69, 9.17) is 34.8 Å². The molecule has 7 heteroatoms. The van der Waals surface area contributed by atoms with Crippen molar-refractivity contribution in [2.24, 2.45) is 0 Å². The molecule has 0 aliphatic carbocycles. The summed E-state index contributed by atoms with van der Waals surface area (Å²) in [5.74, 6) is 1.72. The summed E-state index contributed by atoms with van der Waals surface area (Å²) in [5.41, 5.74) is 2.67. The standard InChI is InChI=1S/C17H13Cl3N4/c1-9-8-21-14-5-3-11(19)7-15(14)24-16(9)22-23-17(24)12-4-2-10(18)6-13(12)20/h2-7,9,21H,8H2,1H3. The van der Waals surface area contributed by atoms with Crippen LogP contribution in [-0.2, 0) is 0 Å². The zero-order valence-corrected chi connectivity index (χ0v) is 15.0. The molecule has 1 aliphatic heterocycles. The van der Waals surface area contributed by atoms with Gasteiger partial charge in [-0.25, -0.2) is 0 Å². The summed E-state index contributed by atoms with van der Waals surface area (Å²) in [4.78, 5) is 0. The predicted octanol–water partition coefficient (Wildman–Crippen LogP) is 5.42. The Balaban J connectivity index is 2.01. The maximum absolute atomic E-state index is 6.39. The van der Waals surface area contributed by atoms with Gasteiger partial charge < -0.3 is 5.32 Å². The van der Waals surface area contributed by atoms with Crippen LogP contribution in [0.5, 0.6) is 0 Å². The lowest BCUT2D eigenvalue weighted by Gasteiger charge is -2.13. The molecule has 0 amide bonds. The van der Waals surface area contributed by atoms with Gasteiger partial charge in [-0.2, -0.15) is 0 Å². The summed E-state index contributed by atoms with van der Waals surface area (Å²) in [6.45, 7) is 2.87. The third-order valence-electron chi connectivity index (χ3n) is 4.10. The van der Waals surface area contributed by atoms with E-state index in [1.54, 1.807) is 12.1 Å². The number of hydrogen-bond acceptors (Lipinski definition) is 3. The van der Waals surface area contributed by atoms with E-state index in [2.05, 4.69) is 22.4 Å².